The second-order valence-electron chi connectivity index (χ2n) is 5.96. The van der Waals surface area contributed by atoms with Crippen molar-refractivity contribution in [2.45, 2.75) is 32.9 Å². The van der Waals surface area contributed by atoms with E-state index in [-0.39, 0.29) is 6.04 Å². The summed E-state index contributed by atoms with van der Waals surface area (Å²) in [5, 5.41) is 10.1. The third-order valence-corrected chi connectivity index (χ3v) is 3.68. The predicted octanol–water partition coefficient (Wildman–Crippen LogP) is 3.03. The molecule has 1 amide bonds. The molecule has 0 aromatic heterocycles. The number of rotatable bonds is 5. The average Bonchev–Trinajstić information content (AvgIpc) is 3.01. The number of halogens is 2. The highest BCUT2D eigenvalue weighted by Gasteiger charge is 2.40. The quantitative estimate of drug-likeness (QED) is 0.835. The second-order valence-corrected chi connectivity index (χ2v) is 5.96. The van der Waals surface area contributed by atoms with Gasteiger partial charge in [-0.1, -0.05) is 12.1 Å². The molecular formula is C16H18F2N2O3. The van der Waals surface area contributed by atoms with Gasteiger partial charge in [0, 0.05) is 6.42 Å². The fraction of sp³-hybridized carbons (Fsp3) is 0.500. The van der Waals surface area contributed by atoms with Gasteiger partial charge in [-0.2, -0.15) is 14.0 Å². The Bertz CT molecular complexity index is 596. The summed E-state index contributed by atoms with van der Waals surface area (Å²) < 4.78 is 28.7. The molecule has 0 unspecified atom stereocenters. The molecule has 0 spiro atoms. The molecule has 23 heavy (non-hydrogen) atoms. The van der Waals surface area contributed by atoms with Crippen LogP contribution in [0.15, 0.2) is 24.3 Å². The van der Waals surface area contributed by atoms with Crippen molar-refractivity contribution in [3.8, 4) is 6.07 Å². The van der Waals surface area contributed by atoms with Gasteiger partial charge in [0.25, 0.3) is 5.91 Å². The normalized spacial score (nSPS) is 18.3. The van der Waals surface area contributed by atoms with E-state index in [1.165, 1.54) is 18.9 Å². The Morgan fingerprint density at radius 3 is 2.70 bits per heavy atom. The molecule has 1 saturated heterocycles. The van der Waals surface area contributed by atoms with Crippen LogP contribution in [0.5, 0.6) is 0 Å². The van der Waals surface area contributed by atoms with Gasteiger partial charge in [-0.05, 0) is 31.5 Å². The minimum Gasteiger partial charge on any atom is -0.322 e. The number of ether oxygens (including phenoxy) is 1. The largest absolute Gasteiger partial charge is 0.345 e. The van der Waals surface area contributed by atoms with Crippen LogP contribution in [0.2, 0.25) is 0 Å². The van der Waals surface area contributed by atoms with E-state index in [1.54, 1.807) is 24.3 Å². The molecule has 124 valence electrons. The standard InChI is InChI=1S/C16H18F2N2O3/c1-16(2,10-22-15(17)18)14(21)20-13(7-8-23-20)12-5-3-11(9-19)4-6-12/h3-6,13,15H,7-8,10H2,1-2H3/t13-/m0/s1. The van der Waals surface area contributed by atoms with Crippen molar-refractivity contribution in [1.29, 1.82) is 5.26 Å². The van der Waals surface area contributed by atoms with Crippen molar-refractivity contribution in [1.82, 2.24) is 5.06 Å². The number of nitriles is 1. The summed E-state index contributed by atoms with van der Waals surface area (Å²) >= 11 is 0. The number of hydroxylamine groups is 2. The Morgan fingerprint density at radius 2 is 2.13 bits per heavy atom. The molecule has 0 N–H and O–H groups in total. The van der Waals surface area contributed by atoms with Gasteiger partial charge in [-0.25, -0.2) is 5.06 Å². The van der Waals surface area contributed by atoms with Crippen LogP contribution >= 0.6 is 0 Å². The molecule has 1 aliphatic rings. The molecule has 5 nitrogen and oxygen atoms in total. The molecule has 0 saturated carbocycles. The third-order valence-electron chi connectivity index (χ3n) is 3.68. The van der Waals surface area contributed by atoms with Crippen molar-refractivity contribution in [2.24, 2.45) is 5.41 Å². The molecule has 1 atom stereocenters. The van der Waals surface area contributed by atoms with Crippen LogP contribution in [0.25, 0.3) is 0 Å². The summed E-state index contributed by atoms with van der Waals surface area (Å²) in [6.45, 7) is 0.117. The number of nitrogens with zero attached hydrogens (tertiary/aromatic N) is 2. The van der Waals surface area contributed by atoms with Crippen LogP contribution in [-0.2, 0) is 14.4 Å². The van der Waals surface area contributed by atoms with Crippen LogP contribution in [0.3, 0.4) is 0 Å². The van der Waals surface area contributed by atoms with E-state index in [4.69, 9.17) is 10.1 Å². The van der Waals surface area contributed by atoms with Crippen molar-refractivity contribution in [3.63, 3.8) is 0 Å². The maximum absolute atomic E-state index is 12.6. The number of carbonyl (C=O) groups excluding carboxylic acids is 1. The van der Waals surface area contributed by atoms with Gasteiger partial charge in [-0.3, -0.25) is 9.63 Å². The van der Waals surface area contributed by atoms with Crippen molar-refractivity contribution in [3.05, 3.63) is 35.4 Å². The van der Waals surface area contributed by atoms with E-state index in [1.807, 2.05) is 6.07 Å². The highest BCUT2D eigenvalue weighted by atomic mass is 19.3. The third kappa shape index (κ3) is 4.03. The Labute approximate surface area is 133 Å². The summed E-state index contributed by atoms with van der Waals surface area (Å²) in [6, 6.07) is 8.59. The first-order valence-electron chi connectivity index (χ1n) is 7.21. The van der Waals surface area contributed by atoms with E-state index in [2.05, 4.69) is 4.74 Å². The van der Waals surface area contributed by atoms with Crippen molar-refractivity contribution in [2.75, 3.05) is 13.2 Å². The van der Waals surface area contributed by atoms with Gasteiger partial charge in [0.2, 0.25) is 0 Å². The smallest absolute Gasteiger partial charge is 0.322 e. The van der Waals surface area contributed by atoms with Crippen LogP contribution in [0.4, 0.5) is 8.78 Å². The van der Waals surface area contributed by atoms with E-state index < -0.39 is 24.5 Å². The summed E-state index contributed by atoms with van der Waals surface area (Å²) in [6.07, 6.45) is 0.601. The first kappa shape index (κ1) is 17.3. The molecule has 7 heteroatoms. The van der Waals surface area contributed by atoms with Crippen LogP contribution < -0.4 is 0 Å². The first-order valence-corrected chi connectivity index (χ1v) is 7.21. The minimum absolute atomic E-state index is 0.305. The Morgan fingerprint density at radius 1 is 1.48 bits per heavy atom. The summed E-state index contributed by atoms with van der Waals surface area (Å²) in [7, 11) is 0. The van der Waals surface area contributed by atoms with E-state index >= 15 is 0 Å². The topological polar surface area (TPSA) is 62.6 Å². The maximum Gasteiger partial charge on any atom is 0.345 e. The lowest BCUT2D eigenvalue weighted by atomic mass is 9.92. The summed E-state index contributed by atoms with van der Waals surface area (Å²) in [5.74, 6) is -0.412. The Hall–Kier alpha value is -2.04. The number of hydrogen-bond donors (Lipinski definition) is 0. The van der Waals surface area contributed by atoms with Gasteiger partial charge in [0.15, 0.2) is 0 Å². The van der Waals surface area contributed by atoms with Crippen LogP contribution in [0.1, 0.15) is 37.4 Å². The summed E-state index contributed by atoms with van der Waals surface area (Å²) in [4.78, 5) is 18.0. The second kappa shape index (κ2) is 7.02. The zero-order chi connectivity index (χ0) is 17.0. The predicted molar refractivity (Wildman–Crippen MR) is 77.1 cm³/mol. The summed E-state index contributed by atoms with van der Waals surface area (Å²) in [5.41, 5.74) is 0.225. The molecule has 1 aromatic rings. The Kier molecular flexibility index (Phi) is 5.29. The molecule has 1 aliphatic heterocycles. The highest BCUT2D eigenvalue weighted by Crippen LogP contribution is 2.34. The average molecular weight is 324 g/mol. The monoisotopic (exact) mass is 324 g/mol. The van der Waals surface area contributed by atoms with E-state index in [9.17, 15) is 13.6 Å². The lowest BCUT2D eigenvalue weighted by molar-refractivity contribution is -0.198. The van der Waals surface area contributed by atoms with Crippen molar-refractivity contribution >= 4 is 5.91 Å². The first-order chi connectivity index (χ1) is 10.8. The van der Waals surface area contributed by atoms with Gasteiger partial charge >= 0.3 is 6.61 Å². The zero-order valence-electron chi connectivity index (χ0n) is 13.0. The van der Waals surface area contributed by atoms with Crippen LogP contribution in [-0.4, -0.2) is 30.8 Å². The SMILES string of the molecule is CC(C)(COC(F)F)C(=O)N1OCC[C@H]1c1ccc(C#N)cc1. The highest BCUT2D eigenvalue weighted by molar-refractivity contribution is 5.81. The molecule has 2 rings (SSSR count). The zero-order valence-corrected chi connectivity index (χ0v) is 13.0. The Balaban J connectivity index is 2.13. The lowest BCUT2D eigenvalue weighted by Crippen LogP contribution is -2.42. The lowest BCUT2D eigenvalue weighted by Gasteiger charge is -2.31. The van der Waals surface area contributed by atoms with Crippen LogP contribution in [0, 0.1) is 16.7 Å². The number of amides is 1. The number of alkyl halides is 2. The fourth-order valence-electron chi connectivity index (χ4n) is 2.38. The molecule has 0 radical (unpaired) electrons. The molecule has 1 fully saturated rings. The van der Waals surface area contributed by atoms with E-state index in [0.717, 1.165) is 5.56 Å². The molecular weight excluding hydrogens is 306 g/mol. The maximum atomic E-state index is 12.6. The van der Waals surface area contributed by atoms with Crippen molar-refractivity contribution < 1.29 is 23.1 Å². The van der Waals surface area contributed by atoms with Gasteiger partial charge < -0.3 is 4.74 Å². The number of benzene rings is 1. The van der Waals surface area contributed by atoms with Gasteiger partial charge in [0.1, 0.15) is 0 Å². The molecule has 0 bridgehead atoms. The van der Waals surface area contributed by atoms with Gasteiger partial charge in [0.05, 0.1) is 36.3 Å². The minimum atomic E-state index is -2.92. The molecule has 1 aromatic carbocycles. The fourth-order valence-corrected chi connectivity index (χ4v) is 2.38. The number of carbonyl (C=O) groups is 1. The number of hydrogen-bond acceptors (Lipinski definition) is 4. The molecule has 0 aliphatic carbocycles. The molecule has 1 heterocycles. The van der Waals surface area contributed by atoms with E-state index in [0.29, 0.717) is 18.6 Å². The van der Waals surface area contributed by atoms with Gasteiger partial charge in [-0.15, -0.1) is 0 Å².